The van der Waals surface area contributed by atoms with E-state index in [0.717, 1.165) is 11.1 Å². The van der Waals surface area contributed by atoms with Crippen LogP contribution in [0, 0.1) is 11.3 Å². The van der Waals surface area contributed by atoms with Crippen molar-refractivity contribution in [3.63, 3.8) is 0 Å². The van der Waals surface area contributed by atoms with Gasteiger partial charge in [-0.25, -0.2) is 0 Å². The van der Waals surface area contributed by atoms with Crippen LogP contribution in [0.3, 0.4) is 0 Å². The molecular weight excluding hydrogens is 290 g/mol. The van der Waals surface area contributed by atoms with Crippen molar-refractivity contribution >= 4 is 22.4 Å². The standard InChI is InChI=1S/C16H14ClNOS/c17-15-9-5-4-8-14(15)12-20(19)16(10-11-18)13-6-2-1-3-7-13/h1-9,16H,10,12H2. The van der Waals surface area contributed by atoms with Gasteiger partial charge in [0.2, 0.25) is 0 Å². The third-order valence-electron chi connectivity index (χ3n) is 3.02. The Balaban J connectivity index is 2.21. The molecule has 0 N–H and O–H groups in total. The van der Waals surface area contributed by atoms with Gasteiger partial charge in [0, 0.05) is 15.8 Å². The number of nitriles is 1. The topological polar surface area (TPSA) is 40.9 Å². The summed E-state index contributed by atoms with van der Waals surface area (Å²) in [6.07, 6.45) is 0.237. The number of benzene rings is 2. The summed E-state index contributed by atoms with van der Waals surface area (Å²) < 4.78 is 12.6. The number of hydrogen-bond acceptors (Lipinski definition) is 2. The zero-order valence-electron chi connectivity index (χ0n) is 10.8. The molecule has 2 rings (SSSR count). The van der Waals surface area contributed by atoms with Crippen molar-refractivity contribution in [1.29, 1.82) is 5.26 Å². The Morgan fingerprint density at radius 2 is 1.75 bits per heavy atom. The lowest BCUT2D eigenvalue weighted by molar-refractivity contribution is 0.672. The van der Waals surface area contributed by atoms with E-state index < -0.39 is 10.8 Å². The average Bonchev–Trinajstić information content (AvgIpc) is 2.48. The molecule has 0 aromatic heterocycles. The molecule has 0 saturated heterocycles. The van der Waals surface area contributed by atoms with E-state index >= 15 is 0 Å². The van der Waals surface area contributed by atoms with Crippen LogP contribution in [0.15, 0.2) is 54.6 Å². The molecule has 20 heavy (non-hydrogen) atoms. The van der Waals surface area contributed by atoms with Crippen molar-refractivity contribution in [3.8, 4) is 6.07 Å². The molecule has 0 aliphatic carbocycles. The van der Waals surface area contributed by atoms with Gasteiger partial charge >= 0.3 is 0 Å². The Morgan fingerprint density at radius 1 is 1.10 bits per heavy atom. The van der Waals surface area contributed by atoms with Crippen LogP contribution in [0.1, 0.15) is 22.8 Å². The van der Waals surface area contributed by atoms with E-state index in [-0.39, 0.29) is 11.7 Å². The molecule has 2 atom stereocenters. The van der Waals surface area contributed by atoms with E-state index in [4.69, 9.17) is 16.9 Å². The van der Waals surface area contributed by atoms with Gasteiger partial charge in [0.1, 0.15) is 0 Å². The van der Waals surface area contributed by atoms with Gasteiger partial charge in [-0.05, 0) is 17.2 Å². The lowest BCUT2D eigenvalue weighted by atomic mass is 10.1. The molecule has 0 fully saturated rings. The summed E-state index contributed by atoms with van der Waals surface area (Å²) in [7, 11) is -1.18. The molecule has 0 heterocycles. The largest absolute Gasteiger partial charge is 0.259 e. The zero-order chi connectivity index (χ0) is 14.4. The summed E-state index contributed by atoms with van der Waals surface area (Å²) >= 11 is 6.10. The van der Waals surface area contributed by atoms with Crippen LogP contribution >= 0.6 is 11.6 Å². The molecular formula is C16H14ClNOS. The second-order valence-corrected chi connectivity index (χ2v) is 6.40. The lowest BCUT2D eigenvalue weighted by Crippen LogP contribution is -2.08. The van der Waals surface area contributed by atoms with Gasteiger partial charge in [-0.3, -0.25) is 4.21 Å². The van der Waals surface area contributed by atoms with Crippen molar-refractivity contribution in [2.45, 2.75) is 17.4 Å². The Morgan fingerprint density at radius 3 is 2.40 bits per heavy atom. The molecule has 0 saturated carbocycles. The smallest absolute Gasteiger partial charge is 0.0730 e. The molecule has 0 bridgehead atoms. The zero-order valence-corrected chi connectivity index (χ0v) is 12.4. The molecule has 0 radical (unpaired) electrons. The summed E-state index contributed by atoms with van der Waals surface area (Å²) in [6, 6.07) is 19.0. The van der Waals surface area contributed by atoms with Gasteiger partial charge in [0.15, 0.2) is 0 Å². The molecule has 2 unspecified atom stereocenters. The van der Waals surface area contributed by atoms with Gasteiger partial charge in [-0.1, -0.05) is 60.1 Å². The molecule has 0 amide bonds. The van der Waals surface area contributed by atoms with E-state index in [1.807, 2.05) is 48.5 Å². The second-order valence-electron chi connectivity index (χ2n) is 4.38. The van der Waals surface area contributed by atoms with Gasteiger partial charge in [-0.15, -0.1) is 0 Å². The maximum absolute atomic E-state index is 12.6. The molecule has 0 spiro atoms. The van der Waals surface area contributed by atoms with Crippen LogP contribution < -0.4 is 0 Å². The lowest BCUT2D eigenvalue weighted by Gasteiger charge is -2.14. The number of halogens is 1. The van der Waals surface area contributed by atoms with E-state index in [1.165, 1.54) is 0 Å². The highest BCUT2D eigenvalue weighted by atomic mass is 35.5. The van der Waals surface area contributed by atoms with Crippen LogP contribution in [0.4, 0.5) is 0 Å². The third-order valence-corrected chi connectivity index (χ3v) is 5.06. The molecule has 2 nitrogen and oxygen atoms in total. The summed E-state index contributed by atoms with van der Waals surface area (Å²) in [5.74, 6) is 0.362. The summed E-state index contributed by atoms with van der Waals surface area (Å²) in [5, 5.41) is 9.29. The van der Waals surface area contributed by atoms with Crippen molar-refractivity contribution in [2.24, 2.45) is 0 Å². The first-order chi connectivity index (χ1) is 9.72. The minimum Gasteiger partial charge on any atom is -0.259 e. The SMILES string of the molecule is N#CCC(c1ccccc1)S(=O)Cc1ccccc1Cl. The van der Waals surface area contributed by atoms with Crippen LogP contribution in [0.5, 0.6) is 0 Å². The van der Waals surface area contributed by atoms with Gasteiger partial charge in [-0.2, -0.15) is 5.26 Å². The predicted molar refractivity (Wildman–Crippen MR) is 82.7 cm³/mol. The fourth-order valence-corrected chi connectivity index (χ4v) is 3.74. The highest BCUT2D eigenvalue weighted by Crippen LogP contribution is 2.27. The molecule has 4 heteroatoms. The Bertz CT molecular complexity index is 636. The summed E-state index contributed by atoms with van der Waals surface area (Å²) in [5.41, 5.74) is 1.78. The molecule has 0 aliphatic rings. The predicted octanol–water partition coefficient (Wildman–Crippen LogP) is 4.24. The summed E-state index contributed by atoms with van der Waals surface area (Å²) in [6.45, 7) is 0. The maximum Gasteiger partial charge on any atom is 0.0730 e. The Labute approximate surface area is 126 Å². The van der Waals surface area contributed by atoms with Gasteiger partial charge in [0.25, 0.3) is 0 Å². The molecule has 2 aromatic carbocycles. The van der Waals surface area contributed by atoms with E-state index in [2.05, 4.69) is 6.07 Å². The fourth-order valence-electron chi connectivity index (χ4n) is 1.98. The number of nitrogens with zero attached hydrogens (tertiary/aromatic N) is 1. The van der Waals surface area contributed by atoms with Crippen LogP contribution in [0.25, 0.3) is 0 Å². The van der Waals surface area contributed by atoms with Crippen molar-refractivity contribution in [1.82, 2.24) is 0 Å². The monoisotopic (exact) mass is 303 g/mol. The first-order valence-electron chi connectivity index (χ1n) is 6.25. The normalized spacial score (nSPS) is 13.4. The maximum atomic E-state index is 12.6. The first kappa shape index (κ1) is 14.8. The van der Waals surface area contributed by atoms with Gasteiger partial charge < -0.3 is 0 Å². The Kier molecular flexibility index (Phi) is 5.34. The van der Waals surface area contributed by atoms with E-state index in [0.29, 0.717) is 10.8 Å². The number of hydrogen-bond donors (Lipinski definition) is 0. The minimum atomic E-state index is -1.18. The highest BCUT2D eigenvalue weighted by Gasteiger charge is 2.19. The van der Waals surface area contributed by atoms with Crippen molar-refractivity contribution in [2.75, 3.05) is 0 Å². The molecule has 2 aromatic rings. The average molecular weight is 304 g/mol. The third kappa shape index (κ3) is 3.69. The van der Waals surface area contributed by atoms with Crippen molar-refractivity contribution in [3.05, 3.63) is 70.7 Å². The van der Waals surface area contributed by atoms with Crippen LogP contribution in [-0.4, -0.2) is 4.21 Å². The first-order valence-corrected chi connectivity index (χ1v) is 8.01. The van der Waals surface area contributed by atoms with E-state index in [9.17, 15) is 4.21 Å². The molecule has 102 valence electrons. The molecule has 0 aliphatic heterocycles. The minimum absolute atomic E-state index is 0.237. The van der Waals surface area contributed by atoms with Crippen LogP contribution in [-0.2, 0) is 16.6 Å². The van der Waals surface area contributed by atoms with Crippen molar-refractivity contribution < 1.29 is 4.21 Å². The highest BCUT2D eigenvalue weighted by molar-refractivity contribution is 7.84. The second kappa shape index (κ2) is 7.23. The fraction of sp³-hybridized carbons (Fsp3) is 0.188. The quantitative estimate of drug-likeness (QED) is 0.828. The summed E-state index contributed by atoms with van der Waals surface area (Å²) in [4.78, 5) is 0. The van der Waals surface area contributed by atoms with Gasteiger partial charge in [0.05, 0.1) is 23.5 Å². The Hall–Kier alpha value is -1.63. The van der Waals surface area contributed by atoms with Crippen LogP contribution in [0.2, 0.25) is 5.02 Å². The van der Waals surface area contributed by atoms with E-state index in [1.54, 1.807) is 6.07 Å². The number of rotatable bonds is 5.